The van der Waals surface area contributed by atoms with Gasteiger partial charge in [0.2, 0.25) is 0 Å². The van der Waals surface area contributed by atoms with E-state index < -0.39 is 5.97 Å². The maximum atomic E-state index is 10.5. The van der Waals surface area contributed by atoms with Gasteiger partial charge in [0.25, 0.3) is 0 Å². The van der Waals surface area contributed by atoms with Gasteiger partial charge in [0.05, 0.1) is 18.3 Å². The number of ether oxygens (including phenoxy) is 1. The van der Waals surface area contributed by atoms with Crippen LogP contribution < -0.4 is 15.0 Å². The third kappa shape index (κ3) is 5.18. The Morgan fingerprint density at radius 1 is 1.42 bits per heavy atom. The van der Waals surface area contributed by atoms with Crippen LogP contribution in [0.2, 0.25) is 0 Å². The summed E-state index contributed by atoms with van der Waals surface area (Å²) in [6.45, 7) is 4.42. The molecule has 0 aromatic heterocycles. The van der Waals surface area contributed by atoms with Gasteiger partial charge in [0, 0.05) is 20.6 Å². The van der Waals surface area contributed by atoms with Crippen LogP contribution in [0.1, 0.15) is 19.4 Å². The molecule has 0 heterocycles. The molecule has 0 spiro atoms. The number of carboxylic acid groups (broad SMARTS) is 1. The molecular weight excluding hydrogens is 244 g/mol. The van der Waals surface area contributed by atoms with E-state index in [4.69, 9.17) is 9.84 Å². The Kier molecular flexibility index (Phi) is 5.63. The molecule has 0 bridgehead atoms. The Morgan fingerprint density at radius 2 is 2.11 bits per heavy atom. The van der Waals surface area contributed by atoms with Crippen LogP contribution in [-0.2, 0) is 11.3 Å². The second-order valence-electron chi connectivity index (χ2n) is 4.86. The van der Waals surface area contributed by atoms with Gasteiger partial charge in [-0.15, -0.1) is 0 Å². The fourth-order valence-corrected chi connectivity index (χ4v) is 1.70. The zero-order valence-corrected chi connectivity index (χ0v) is 11.9. The van der Waals surface area contributed by atoms with Crippen LogP contribution in [-0.4, -0.2) is 37.8 Å². The maximum Gasteiger partial charge on any atom is 0.317 e. The SMILES string of the molecule is CC(C)Oc1cc(CNCC(=O)O)ccc1N(C)C. The van der Waals surface area contributed by atoms with Gasteiger partial charge in [-0.25, -0.2) is 0 Å². The smallest absolute Gasteiger partial charge is 0.317 e. The summed E-state index contributed by atoms with van der Waals surface area (Å²) in [6, 6.07) is 5.90. The molecule has 0 atom stereocenters. The lowest BCUT2D eigenvalue weighted by Gasteiger charge is -2.20. The second-order valence-corrected chi connectivity index (χ2v) is 4.86. The van der Waals surface area contributed by atoms with Crippen LogP contribution in [0.3, 0.4) is 0 Å². The van der Waals surface area contributed by atoms with Gasteiger partial charge >= 0.3 is 5.97 Å². The minimum atomic E-state index is -0.858. The molecule has 5 heteroatoms. The van der Waals surface area contributed by atoms with E-state index in [1.807, 2.05) is 51.0 Å². The molecule has 0 saturated carbocycles. The summed E-state index contributed by atoms with van der Waals surface area (Å²) in [5, 5.41) is 11.4. The van der Waals surface area contributed by atoms with E-state index in [1.165, 1.54) is 0 Å². The third-order valence-corrected chi connectivity index (χ3v) is 2.47. The number of hydrogen-bond acceptors (Lipinski definition) is 4. The number of anilines is 1. The van der Waals surface area contributed by atoms with Gasteiger partial charge in [-0.05, 0) is 31.5 Å². The number of rotatable bonds is 7. The number of nitrogens with zero attached hydrogens (tertiary/aromatic N) is 1. The van der Waals surface area contributed by atoms with Crippen LogP contribution in [0.4, 0.5) is 5.69 Å². The number of aliphatic carboxylic acids is 1. The van der Waals surface area contributed by atoms with Crippen LogP contribution in [0.5, 0.6) is 5.75 Å². The number of benzene rings is 1. The monoisotopic (exact) mass is 266 g/mol. The Hall–Kier alpha value is -1.75. The van der Waals surface area contributed by atoms with Crippen molar-refractivity contribution in [1.82, 2.24) is 5.32 Å². The molecule has 1 aromatic rings. The Morgan fingerprint density at radius 3 is 2.63 bits per heavy atom. The minimum Gasteiger partial charge on any atom is -0.489 e. The zero-order chi connectivity index (χ0) is 14.4. The Balaban J connectivity index is 2.82. The first kappa shape index (κ1) is 15.3. The summed E-state index contributed by atoms with van der Waals surface area (Å²) in [7, 11) is 3.93. The number of carboxylic acids is 1. The van der Waals surface area contributed by atoms with Crippen molar-refractivity contribution in [2.24, 2.45) is 0 Å². The number of hydrogen-bond donors (Lipinski definition) is 2. The standard InChI is InChI=1S/C14H22N2O3/c1-10(2)19-13-7-11(8-15-9-14(17)18)5-6-12(13)16(3)4/h5-7,10,15H,8-9H2,1-4H3,(H,17,18). The van der Waals surface area contributed by atoms with E-state index in [-0.39, 0.29) is 12.6 Å². The van der Waals surface area contributed by atoms with Gasteiger partial charge in [-0.3, -0.25) is 4.79 Å². The van der Waals surface area contributed by atoms with E-state index in [0.29, 0.717) is 6.54 Å². The number of carbonyl (C=O) groups is 1. The molecule has 19 heavy (non-hydrogen) atoms. The van der Waals surface area contributed by atoms with E-state index >= 15 is 0 Å². The highest BCUT2D eigenvalue weighted by atomic mass is 16.5. The van der Waals surface area contributed by atoms with Crippen molar-refractivity contribution in [3.63, 3.8) is 0 Å². The molecule has 5 nitrogen and oxygen atoms in total. The van der Waals surface area contributed by atoms with E-state index in [0.717, 1.165) is 17.0 Å². The fraction of sp³-hybridized carbons (Fsp3) is 0.500. The van der Waals surface area contributed by atoms with Crippen molar-refractivity contribution >= 4 is 11.7 Å². The molecule has 1 aromatic carbocycles. The van der Waals surface area contributed by atoms with Crippen LogP contribution >= 0.6 is 0 Å². The molecule has 0 radical (unpaired) electrons. The highest BCUT2D eigenvalue weighted by molar-refractivity contribution is 5.69. The molecule has 0 aliphatic rings. The topological polar surface area (TPSA) is 61.8 Å². The molecule has 0 fully saturated rings. The normalized spacial score (nSPS) is 10.6. The summed E-state index contributed by atoms with van der Waals surface area (Å²) in [4.78, 5) is 12.4. The van der Waals surface area contributed by atoms with Crippen LogP contribution in [0.25, 0.3) is 0 Å². The van der Waals surface area contributed by atoms with Gasteiger partial charge < -0.3 is 20.1 Å². The number of nitrogens with one attached hydrogen (secondary N) is 1. The average molecular weight is 266 g/mol. The van der Waals surface area contributed by atoms with Crippen molar-refractivity contribution < 1.29 is 14.6 Å². The lowest BCUT2D eigenvalue weighted by molar-refractivity contribution is -0.135. The predicted molar refractivity (Wildman–Crippen MR) is 75.9 cm³/mol. The van der Waals surface area contributed by atoms with Gasteiger partial charge in [-0.2, -0.15) is 0 Å². The third-order valence-electron chi connectivity index (χ3n) is 2.47. The Labute approximate surface area is 114 Å². The fourth-order valence-electron chi connectivity index (χ4n) is 1.70. The van der Waals surface area contributed by atoms with E-state index in [2.05, 4.69) is 5.32 Å². The molecule has 0 amide bonds. The van der Waals surface area contributed by atoms with Crippen molar-refractivity contribution in [1.29, 1.82) is 0 Å². The zero-order valence-electron chi connectivity index (χ0n) is 11.9. The maximum absolute atomic E-state index is 10.5. The average Bonchev–Trinajstić information content (AvgIpc) is 2.27. The minimum absolute atomic E-state index is 0.0458. The summed E-state index contributed by atoms with van der Waals surface area (Å²) < 4.78 is 5.79. The van der Waals surface area contributed by atoms with E-state index in [9.17, 15) is 4.79 Å². The Bertz CT molecular complexity index is 431. The predicted octanol–water partition coefficient (Wildman–Crippen LogP) is 1.71. The van der Waals surface area contributed by atoms with Crippen molar-refractivity contribution in [2.75, 3.05) is 25.5 Å². The first-order valence-electron chi connectivity index (χ1n) is 6.29. The first-order chi connectivity index (χ1) is 8.90. The van der Waals surface area contributed by atoms with E-state index in [1.54, 1.807) is 0 Å². The highest BCUT2D eigenvalue weighted by Gasteiger charge is 2.09. The molecular formula is C14H22N2O3. The molecule has 106 valence electrons. The molecule has 2 N–H and O–H groups in total. The summed E-state index contributed by atoms with van der Waals surface area (Å²) >= 11 is 0. The molecule has 0 aliphatic carbocycles. The summed E-state index contributed by atoms with van der Waals surface area (Å²) in [6.07, 6.45) is 0.0981. The second kappa shape index (κ2) is 6.99. The molecule has 0 saturated heterocycles. The van der Waals surface area contributed by atoms with Gasteiger partial charge in [0.15, 0.2) is 0 Å². The summed E-state index contributed by atoms with van der Waals surface area (Å²) in [5.41, 5.74) is 2.01. The van der Waals surface area contributed by atoms with Crippen LogP contribution in [0.15, 0.2) is 18.2 Å². The van der Waals surface area contributed by atoms with Crippen molar-refractivity contribution in [3.8, 4) is 5.75 Å². The summed E-state index contributed by atoms with van der Waals surface area (Å²) in [5.74, 6) is -0.0433. The van der Waals surface area contributed by atoms with Crippen LogP contribution in [0, 0.1) is 0 Å². The lowest BCUT2D eigenvalue weighted by atomic mass is 10.1. The van der Waals surface area contributed by atoms with Crippen molar-refractivity contribution in [2.45, 2.75) is 26.5 Å². The first-order valence-corrected chi connectivity index (χ1v) is 6.29. The van der Waals surface area contributed by atoms with Gasteiger partial charge in [0.1, 0.15) is 5.75 Å². The highest BCUT2D eigenvalue weighted by Crippen LogP contribution is 2.29. The van der Waals surface area contributed by atoms with Crippen molar-refractivity contribution in [3.05, 3.63) is 23.8 Å². The molecule has 1 rings (SSSR count). The van der Waals surface area contributed by atoms with Gasteiger partial charge in [-0.1, -0.05) is 6.07 Å². The quantitative estimate of drug-likeness (QED) is 0.786. The lowest BCUT2D eigenvalue weighted by Crippen LogP contribution is -2.22. The largest absolute Gasteiger partial charge is 0.489 e. The molecule has 0 aliphatic heterocycles. The molecule has 0 unspecified atom stereocenters.